The zero-order valence-electron chi connectivity index (χ0n) is 14.0. The molecule has 0 aromatic heterocycles. The maximum Gasteiger partial charge on any atom is 0.417 e. The number of carbonyl (C=O) groups excluding carboxylic acids is 1. The summed E-state index contributed by atoms with van der Waals surface area (Å²) in [4.78, 5) is 12.7. The van der Waals surface area contributed by atoms with Crippen LogP contribution in [-0.4, -0.2) is 5.91 Å². The van der Waals surface area contributed by atoms with Crippen LogP contribution in [0, 0.1) is 0 Å². The van der Waals surface area contributed by atoms with Crippen LogP contribution in [0.4, 0.5) is 13.2 Å². The van der Waals surface area contributed by atoms with Gasteiger partial charge < -0.3 is 5.32 Å². The van der Waals surface area contributed by atoms with E-state index in [0.717, 1.165) is 11.6 Å². The molecule has 3 aromatic rings. The first kappa shape index (κ1) is 19.0. The molecule has 6 heteroatoms. The molecule has 138 valence electrons. The molecule has 0 spiro atoms. The Morgan fingerprint density at radius 2 is 1.37 bits per heavy atom. The van der Waals surface area contributed by atoms with Crippen LogP contribution >= 0.6 is 11.6 Å². The summed E-state index contributed by atoms with van der Waals surface area (Å²) in [6.45, 7) is 0. The van der Waals surface area contributed by atoms with Gasteiger partial charge in [0.2, 0.25) is 0 Å². The van der Waals surface area contributed by atoms with Crippen LogP contribution < -0.4 is 5.32 Å². The first-order valence-corrected chi connectivity index (χ1v) is 8.51. The van der Waals surface area contributed by atoms with Crippen molar-refractivity contribution in [2.45, 2.75) is 12.2 Å². The third-order valence-electron chi connectivity index (χ3n) is 4.09. The highest BCUT2D eigenvalue weighted by Gasteiger charge is 2.35. The van der Waals surface area contributed by atoms with Crippen molar-refractivity contribution in [2.24, 2.45) is 0 Å². The van der Waals surface area contributed by atoms with Crippen LogP contribution in [0.2, 0.25) is 5.02 Å². The Bertz CT molecular complexity index is 924. The summed E-state index contributed by atoms with van der Waals surface area (Å²) >= 11 is 5.92. The number of alkyl halides is 3. The third-order valence-corrected chi connectivity index (χ3v) is 4.34. The normalized spacial score (nSPS) is 12.4. The molecule has 0 unspecified atom stereocenters. The smallest absolute Gasteiger partial charge is 0.341 e. The molecule has 0 aliphatic heterocycles. The van der Waals surface area contributed by atoms with Gasteiger partial charge in [0, 0.05) is 5.02 Å². The van der Waals surface area contributed by atoms with Gasteiger partial charge in [-0.25, -0.2) is 0 Å². The van der Waals surface area contributed by atoms with E-state index in [0.29, 0.717) is 10.6 Å². The van der Waals surface area contributed by atoms with Gasteiger partial charge >= 0.3 is 6.18 Å². The fourth-order valence-electron chi connectivity index (χ4n) is 2.80. The molecule has 1 N–H and O–H groups in total. The Kier molecular flexibility index (Phi) is 5.51. The van der Waals surface area contributed by atoms with Gasteiger partial charge in [0.05, 0.1) is 17.2 Å². The van der Waals surface area contributed by atoms with Crippen LogP contribution in [0.5, 0.6) is 0 Å². The lowest BCUT2D eigenvalue weighted by molar-refractivity contribution is -0.137. The summed E-state index contributed by atoms with van der Waals surface area (Å²) in [6.07, 6.45) is -4.61. The lowest BCUT2D eigenvalue weighted by atomic mass is 9.97. The molecule has 0 bridgehead atoms. The SMILES string of the molecule is O=C(N[C@H](c1ccccc1)c1ccc(Cl)cc1)c1ccccc1C(F)(F)F. The molecule has 3 rings (SSSR count). The van der Waals surface area contributed by atoms with Crippen LogP contribution in [0.1, 0.15) is 33.1 Å². The number of carbonyl (C=O) groups is 1. The number of rotatable bonds is 4. The highest BCUT2D eigenvalue weighted by atomic mass is 35.5. The molecular weight excluding hydrogens is 375 g/mol. The predicted molar refractivity (Wildman–Crippen MR) is 98.6 cm³/mol. The highest BCUT2D eigenvalue weighted by Crippen LogP contribution is 2.32. The molecule has 3 aromatic carbocycles. The highest BCUT2D eigenvalue weighted by molar-refractivity contribution is 6.30. The maximum atomic E-state index is 13.2. The Morgan fingerprint density at radius 3 is 2.00 bits per heavy atom. The summed E-state index contributed by atoms with van der Waals surface area (Å²) in [7, 11) is 0. The number of halogens is 4. The van der Waals surface area contributed by atoms with E-state index in [-0.39, 0.29) is 0 Å². The van der Waals surface area contributed by atoms with Crippen LogP contribution in [0.3, 0.4) is 0 Å². The van der Waals surface area contributed by atoms with E-state index >= 15 is 0 Å². The largest absolute Gasteiger partial charge is 0.417 e. The van der Waals surface area contributed by atoms with Crippen molar-refractivity contribution in [3.63, 3.8) is 0 Å². The minimum absolute atomic E-state index is 0.417. The molecule has 2 nitrogen and oxygen atoms in total. The number of nitrogens with one attached hydrogen (secondary N) is 1. The Labute approximate surface area is 159 Å². The van der Waals surface area contributed by atoms with Crippen molar-refractivity contribution in [2.75, 3.05) is 0 Å². The first-order valence-electron chi connectivity index (χ1n) is 8.14. The lowest BCUT2D eigenvalue weighted by Crippen LogP contribution is -2.31. The fourth-order valence-corrected chi connectivity index (χ4v) is 2.92. The fraction of sp³-hybridized carbons (Fsp3) is 0.0952. The Morgan fingerprint density at radius 1 is 0.815 bits per heavy atom. The van der Waals surface area contributed by atoms with E-state index in [9.17, 15) is 18.0 Å². The minimum Gasteiger partial charge on any atom is -0.341 e. The van der Waals surface area contributed by atoms with Gasteiger partial charge in [-0.2, -0.15) is 13.2 Å². The summed E-state index contributed by atoms with van der Waals surface area (Å²) in [5.41, 5.74) is 0.0754. The average molecular weight is 390 g/mol. The van der Waals surface area contributed by atoms with Crippen molar-refractivity contribution in [3.8, 4) is 0 Å². The standard InChI is InChI=1S/C21H15ClF3NO/c22-16-12-10-15(11-13-16)19(14-6-2-1-3-7-14)26-20(27)17-8-4-5-9-18(17)21(23,24)25/h1-13,19H,(H,26,27)/t19-/m1/s1. The van der Waals surface area contributed by atoms with Gasteiger partial charge in [-0.3, -0.25) is 4.79 Å². The van der Waals surface area contributed by atoms with E-state index in [2.05, 4.69) is 5.32 Å². The molecule has 27 heavy (non-hydrogen) atoms. The molecule has 0 aliphatic rings. The molecule has 0 radical (unpaired) electrons. The number of amides is 1. The molecular formula is C21H15ClF3NO. The van der Waals surface area contributed by atoms with Crippen molar-refractivity contribution >= 4 is 17.5 Å². The summed E-state index contributed by atoms with van der Waals surface area (Å²) in [6, 6.07) is 19.9. The van der Waals surface area contributed by atoms with Gasteiger partial charge in [-0.1, -0.05) is 66.2 Å². The monoisotopic (exact) mass is 389 g/mol. The molecule has 0 heterocycles. The van der Waals surface area contributed by atoms with Crippen LogP contribution in [-0.2, 0) is 6.18 Å². The second kappa shape index (κ2) is 7.84. The predicted octanol–water partition coefficient (Wildman–Crippen LogP) is 5.88. The second-order valence-corrected chi connectivity index (χ2v) is 6.35. The number of benzene rings is 3. The van der Waals surface area contributed by atoms with Gasteiger partial charge in [0.1, 0.15) is 0 Å². The lowest BCUT2D eigenvalue weighted by Gasteiger charge is -2.21. The van der Waals surface area contributed by atoms with Crippen molar-refractivity contribution in [3.05, 3.63) is 106 Å². The average Bonchev–Trinajstić information content (AvgIpc) is 2.67. The van der Waals surface area contributed by atoms with E-state index in [1.165, 1.54) is 18.2 Å². The molecule has 0 saturated carbocycles. The van der Waals surface area contributed by atoms with Crippen molar-refractivity contribution in [1.29, 1.82) is 0 Å². The maximum absolute atomic E-state index is 13.2. The summed E-state index contributed by atoms with van der Waals surface area (Å²) in [5.74, 6) is -0.799. The molecule has 1 atom stereocenters. The van der Waals surface area contributed by atoms with Gasteiger partial charge in [-0.15, -0.1) is 0 Å². The summed E-state index contributed by atoms with van der Waals surface area (Å²) < 4.78 is 39.7. The van der Waals surface area contributed by atoms with E-state index in [4.69, 9.17) is 11.6 Å². The molecule has 0 fully saturated rings. The zero-order valence-corrected chi connectivity index (χ0v) is 14.8. The van der Waals surface area contributed by atoms with Crippen LogP contribution in [0.15, 0.2) is 78.9 Å². The van der Waals surface area contributed by atoms with Gasteiger partial charge in [0.25, 0.3) is 5.91 Å². The quantitative estimate of drug-likeness (QED) is 0.593. The summed E-state index contributed by atoms with van der Waals surface area (Å²) in [5, 5.41) is 3.24. The van der Waals surface area contributed by atoms with Gasteiger partial charge in [-0.05, 0) is 35.4 Å². The van der Waals surface area contributed by atoms with Crippen molar-refractivity contribution < 1.29 is 18.0 Å². The van der Waals surface area contributed by atoms with Crippen LogP contribution in [0.25, 0.3) is 0 Å². The third kappa shape index (κ3) is 4.49. The Balaban J connectivity index is 1.98. The topological polar surface area (TPSA) is 29.1 Å². The van der Waals surface area contributed by atoms with E-state index in [1.807, 2.05) is 6.07 Å². The zero-order chi connectivity index (χ0) is 19.4. The first-order chi connectivity index (χ1) is 12.9. The van der Waals surface area contributed by atoms with E-state index in [1.54, 1.807) is 48.5 Å². The number of hydrogen-bond acceptors (Lipinski definition) is 1. The minimum atomic E-state index is -4.61. The second-order valence-electron chi connectivity index (χ2n) is 5.91. The van der Waals surface area contributed by atoms with E-state index < -0.39 is 29.3 Å². The van der Waals surface area contributed by atoms with Gasteiger partial charge in [0.15, 0.2) is 0 Å². The molecule has 0 aliphatic carbocycles. The molecule has 1 amide bonds. The van der Waals surface area contributed by atoms with Crippen molar-refractivity contribution in [1.82, 2.24) is 5.32 Å². The Hall–Kier alpha value is -2.79. The molecule has 0 saturated heterocycles. The number of hydrogen-bond donors (Lipinski definition) is 1.